The molecule has 2 rings (SSSR count). The Morgan fingerprint density at radius 1 is 1.42 bits per heavy atom. The molecule has 0 aromatic heterocycles. The average molecular weight is 274 g/mol. The van der Waals surface area contributed by atoms with Crippen LogP contribution in [0.4, 0.5) is 18.9 Å². The molecule has 0 aliphatic heterocycles. The fourth-order valence-electron chi connectivity index (χ4n) is 1.60. The van der Waals surface area contributed by atoms with Crippen LogP contribution in [0, 0.1) is 0 Å². The Hall–Kier alpha value is -1.76. The number of rotatable bonds is 3. The van der Waals surface area contributed by atoms with E-state index >= 15 is 0 Å². The van der Waals surface area contributed by atoms with Crippen LogP contribution in [0.15, 0.2) is 18.2 Å². The first kappa shape index (κ1) is 13.7. The Bertz CT molecular complexity index is 510. The van der Waals surface area contributed by atoms with Gasteiger partial charge in [0.05, 0.1) is 23.9 Å². The second-order valence-corrected chi connectivity index (χ2v) is 4.52. The maximum Gasteiger partial charge on any atom is 0.418 e. The molecule has 1 aliphatic carbocycles. The van der Waals surface area contributed by atoms with Crippen LogP contribution in [0.25, 0.3) is 0 Å². The van der Waals surface area contributed by atoms with Crippen LogP contribution < -0.4 is 15.8 Å². The Morgan fingerprint density at radius 3 is 2.53 bits per heavy atom. The summed E-state index contributed by atoms with van der Waals surface area (Å²) in [6.45, 7) is 0. The minimum Gasteiger partial charge on any atom is -0.497 e. The summed E-state index contributed by atoms with van der Waals surface area (Å²) in [7, 11) is 1.27. The van der Waals surface area contributed by atoms with Crippen molar-refractivity contribution in [1.29, 1.82) is 0 Å². The van der Waals surface area contributed by atoms with Gasteiger partial charge in [-0.25, -0.2) is 0 Å². The molecule has 4 nitrogen and oxygen atoms in total. The second kappa shape index (κ2) is 4.41. The van der Waals surface area contributed by atoms with Gasteiger partial charge in [0.1, 0.15) is 5.75 Å². The van der Waals surface area contributed by atoms with Crippen molar-refractivity contribution >= 4 is 11.6 Å². The molecule has 0 saturated heterocycles. The summed E-state index contributed by atoms with van der Waals surface area (Å²) in [4.78, 5) is 11.7. The Balaban J connectivity index is 2.31. The van der Waals surface area contributed by atoms with Crippen LogP contribution in [0.1, 0.15) is 18.4 Å². The molecule has 0 heterocycles. The maximum absolute atomic E-state index is 12.9. The van der Waals surface area contributed by atoms with Crippen molar-refractivity contribution < 1.29 is 22.7 Å². The van der Waals surface area contributed by atoms with Gasteiger partial charge in [0.15, 0.2) is 0 Å². The number of halogens is 3. The molecule has 1 amide bonds. The SMILES string of the molecule is COc1ccc(NC(=O)C2(N)CC2)c(C(F)(F)F)c1. The number of methoxy groups -OCH3 is 1. The number of nitrogens with two attached hydrogens (primary N) is 1. The van der Waals surface area contributed by atoms with Gasteiger partial charge in [-0.2, -0.15) is 13.2 Å². The number of carbonyl (C=O) groups excluding carboxylic acids is 1. The highest BCUT2D eigenvalue weighted by atomic mass is 19.4. The van der Waals surface area contributed by atoms with Gasteiger partial charge in [-0.05, 0) is 31.0 Å². The molecular formula is C12H13F3N2O2. The van der Waals surface area contributed by atoms with Crippen molar-refractivity contribution in [2.45, 2.75) is 24.6 Å². The number of carbonyl (C=O) groups is 1. The molecule has 1 fully saturated rings. The largest absolute Gasteiger partial charge is 0.497 e. The number of hydrogen-bond donors (Lipinski definition) is 2. The van der Waals surface area contributed by atoms with E-state index in [0.717, 1.165) is 12.1 Å². The van der Waals surface area contributed by atoms with Crippen molar-refractivity contribution in [3.8, 4) is 5.75 Å². The molecule has 1 aliphatic rings. The van der Waals surface area contributed by atoms with E-state index in [-0.39, 0.29) is 11.4 Å². The molecule has 7 heteroatoms. The summed E-state index contributed by atoms with van der Waals surface area (Å²) >= 11 is 0. The first-order chi connectivity index (χ1) is 8.76. The standard InChI is InChI=1S/C12H13F3N2O2/c1-19-7-2-3-9(8(6-7)12(13,14)15)17-10(18)11(16)4-5-11/h2-3,6H,4-5,16H2,1H3,(H,17,18). The van der Waals surface area contributed by atoms with Crippen LogP contribution in [0.2, 0.25) is 0 Å². The normalized spacial score (nSPS) is 16.9. The van der Waals surface area contributed by atoms with Crippen molar-refractivity contribution in [2.24, 2.45) is 5.73 Å². The summed E-state index contributed by atoms with van der Waals surface area (Å²) < 4.78 is 43.4. The van der Waals surface area contributed by atoms with Gasteiger partial charge in [-0.15, -0.1) is 0 Å². The van der Waals surface area contributed by atoms with Crippen molar-refractivity contribution in [3.63, 3.8) is 0 Å². The highest BCUT2D eigenvalue weighted by Gasteiger charge is 2.46. The summed E-state index contributed by atoms with van der Waals surface area (Å²) in [6, 6.07) is 3.35. The van der Waals surface area contributed by atoms with E-state index in [9.17, 15) is 18.0 Å². The second-order valence-electron chi connectivity index (χ2n) is 4.52. The number of ether oxygens (including phenoxy) is 1. The van der Waals surface area contributed by atoms with Gasteiger partial charge >= 0.3 is 6.18 Å². The lowest BCUT2D eigenvalue weighted by atomic mass is 10.1. The maximum atomic E-state index is 12.9. The molecule has 0 bridgehead atoms. The molecule has 1 aromatic carbocycles. The molecule has 0 spiro atoms. The Kier molecular flexibility index (Phi) is 3.17. The molecule has 3 N–H and O–H groups in total. The van der Waals surface area contributed by atoms with Gasteiger partial charge in [-0.3, -0.25) is 4.79 Å². The van der Waals surface area contributed by atoms with Crippen LogP contribution in [-0.2, 0) is 11.0 Å². The summed E-state index contributed by atoms with van der Waals surface area (Å²) in [5.41, 5.74) is 3.35. The van der Waals surface area contributed by atoms with Gasteiger partial charge in [-0.1, -0.05) is 0 Å². The summed E-state index contributed by atoms with van der Waals surface area (Å²) in [6.07, 6.45) is -3.62. The lowest BCUT2D eigenvalue weighted by molar-refractivity contribution is -0.137. The number of amides is 1. The van der Waals surface area contributed by atoms with Crippen LogP contribution in [0.5, 0.6) is 5.75 Å². The minimum atomic E-state index is -4.58. The van der Waals surface area contributed by atoms with E-state index < -0.39 is 23.2 Å². The fraction of sp³-hybridized carbons (Fsp3) is 0.417. The molecule has 1 aromatic rings. The zero-order valence-electron chi connectivity index (χ0n) is 10.2. The van der Waals surface area contributed by atoms with Gasteiger partial charge in [0.25, 0.3) is 0 Å². The predicted molar refractivity (Wildman–Crippen MR) is 62.8 cm³/mol. The quantitative estimate of drug-likeness (QED) is 0.887. The summed E-state index contributed by atoms with van der Waals surface area (Å²) in [5.74, 6) is -0.526. The van der Waals surface area contributed by atoms with Crippen LogP contribution in [-0.4, -0.2) is 18.6 Å². The van der Waals surface area contributed by atoms with Crippen molar-refractivity contribution in [2.75, 3.05) is 12.4 Å². The topological polar surface area (TPSA) is 64.3 Å². The van der Waals surface area contributed by atoms with E-state index in [2.05, 4.69) is 5.32 Å². The number of nitrogens with one attached hydrogen (secondary N) is 1. The number of alkyl halides is 3. The lowest BCUT2D eigenvalue weighted by Gasteiger charge is -2.16. The first-order valence-corrected chi connectivity index (χ1v) is 5.62. The smallest absolute Gasteiger partial charge is 0.418 e. The lowest BCUT2D eigenvalue weighted by Crippen LogP contribution is -2.38. The third kappa shape index (κ3) is 2.81. The average Bonchev–Trinajstić information content (AvgIpc) is 3.08. The third-order valence-electron chi connectivity index (χ3n) is 3.02. The Morgan fingerprint density at radius 2 is 2.05 bits per heavy atom. The third-order valence-corrected chi connectivity index (χ3v) is 3.02. The van der Waals surface area contributed by atoms with Crippen molar-refractivity contribution in [1.82, 2.24) is 0 Å². The molecule has 0 unspecified atom stereocenters. The summed E-state index contributed by atoms with van der Waals surface area (Å²) in [5, 5.41) is 2.23. The fourth-order valence-corrected chi connectivity index (χ4v) is 1.60. The molecule has 0 radical (unpaired) electrons. The highest BCUT2D eigenvalue weighted by Crippen LogP contribution is 2.39. The highest BCUT2D eigenvalue weighted by molar-refractivity contribution is 6.00. The van der Waals surface area contributed by atoms with Gasteiger partial charge < -0.3 is 15.8 Å². The van der Waals surface area contributed by atoms with E-state index in [1.807, 2.05) is 0 Å². The molecule has 1 saturated carbocycles. The molecular weight excluding hydrogens is 261 g/mol. The molecule has 104 valence electrons. The van der Waals surface area contributed by atoms with Gasteiger partial charge in [0, 0.05) is 0 Å². The predicted octanol–water partition coefficient (Wildman–Crippen LogP) is 2.14. The van der Waals surface area contributed by atoms with E-state index in [4.69, 9.17) is 10.5 Å². The van der Waals surface area contributed by atoms with Crippen LogP contribution >= 0.6 is 0 Å². The Labute approximate surface area is 107 Å². The number of benzene rings is 1. The minimum absolute atomic E-state index is 0.0687. The van der Waals surface area contributed by atoms with Gasteiger partial charge in [0.2, 0.25) is 5.91 Å². The van der Waals surface area contributed by atoms with E-state index in [1.165, 1.54) is 13.2 Å². The van der Waals surface area contributed by atoms with Crippen molar-refractivity contribution in [3.05, 3.63) is 23.8 Å². The number of anilines is 1. The monoisotopic (exact) mass is 274 g/mol. The van der Waals surface area contributed by atoms with E-state index in [0.29, 0.717) is 12.8 Å². The van der Waals surface area contributed by atoms with Crippen LogP contribution in [0.3, 0.4) is 0 Å². The first-order valence-electron chi connectivity index (χ1n) is 5.62. The van der Waals surface area contributed by atoms with E-state index in [1.54, 1.807) is 0 Å². The zero-order chi connectivity index (χ0) is 14.3. The number of hydrogen-bond acceptors (Lipinski definition) is 3. The zero-order valence-corrected chi connectivity index (χ0v) is 10.2. The molecule has 0 atom stereocenters. The molecule has 19 heavy (non-hydrogen) atoms.